The van der Waals surface area contributed by atoms with Gasteiger partial charge in [-0.25, -0.2) is 0 Å². The van der Waals surface area contributed by atoms with Crippen molar-refractivity contribution in [1.82, 2.24) is 0 Å². The number of nitrogens with two attached hydrogens (primary N) is 1. The minimum Gasteiger partial charge on any atom is -0.496 e. The van der Waals surface area contributed by atoms with Gasteiger partial charge in [-0.1, -0.05) is 12.8 Å². The van der Waals surface area contributed by atoms with E-state index < -0.39 is 0 Å². The molecule has 2 rings (SSSR count). The zero-order valence-electron chi connectivity index (χ0n) is 11.2. The number of hydrogen-bond donors (Lipinski definition) is 1. The normalized spacial score (nSPS) is 23.1. The third kappa shape index (κ3) is 3.23. The summed E-state index contributed by atoms with van der Waals surface area (Å²) in [6.45, 7) is 0. The third-order valence-electron chi connectivity index (χ3n) is 3.92. The van der Waals surface area contributed by atoms with Crippen molar-refractivity contribution in [2.45, 2.75) is 38.1 Å². The van der Waals surface area contributed by atoms with E-state index in [0.29, 0.717) is 11.7 Å². The van der Waals surface area contributed by atoms with Crippen LogP contribution in [0.25, 0.3) is 0 Å². The monoisotopic (exact) mass is 264 g/mol. The Bertz CT molecular complexity index is 462. The van der Waals surface area contributed by atoms with Gasteiger partial charge >= 0.3 is 0 Å². The molecule has 1 saturated carbocycles. The van der Waals surface area contributed by atoms with Gasteiger partial charge in [0.1, 0.15) is 5.75 Å². The first kappa shape index (κ1) is 13.8. The van der Waals surface area contributed by atoms with E-state index in [-0.39, 0.29) is 16.7 Å². The maximum Gasteiger partial charge on any atom is 0.269 e. The number of benzene rings is 1. The summed E-state index contributed by atoms with van der Waals surface area (Å²) in [5.41, 5.74) is 7.14. The summed E-state index contributed by atoms with van der Waals surface area (Å²) >= 11 is 0. The number of methoxy groups -OCH3 is 1. The van der Waals surface area contributed by atoms with Crippen molar-refractivity contribution in [2.75, 3.05) is 7.11 Å². The van der Waals surface area contributed by atoms with Gasteiger partial charge in [-0.15, -0.1) is 0 Å². The molecule has 1 aliphatic rings. The highest BCUT2D eigenvalue weighted by atomic mass is 16.6. The van der Waals surface area contributed by atoms with E-state index in [1.165, 1.54) is 18.9 Å². The number of nitro groups is 1. The Morgan fingerprint density at radius 2 is 2.16 bits per heavy atom. The summed E-state index contributed by atoms with van der Waals surface area (Å²) in [5, 5.41) is 10.8. The lowest BCUT2D eigenvalue weighted by Gasteiger charge is -2.28. The van der Waals surface area contributed by atoms with Gasteiger partial charge in [0.15, 0.2) is 0 Å². The van der Waals surface area contributed by atoms with Crippen molar-refractivity contribution in [2.24, 2.45) is 11.7 Å². The molecule has 0 heterocycles. The van der Waals surface area contributed by atoms with Crippen molar-refractivity contribution < 1.29 is 9.66 Å². The van der Waals surface area contributed by atoms with Gasteiger partial charge in [0.25, 0.3) is 5.69 Å². The molecule has 0 spiro atoms. The molecule has 0 bridgehead atoms. The maximum atomic E-state index is 10.8. The molecule has 104 valence electrons. The van der Waals surface area contributed by atoms with Crippen molar-refractivity contribution in [3.8, 4) is 5.75 Å². The van der Waals surface area contributed by atoms with Crippen molar-refractivity contribution in [3.05, 3.63) is 33.9 Å². The Balaban J connectivity index is 2.21. The highest BCUT2D eigenvalue weighted by Gasteiger charge is 2.24. The standard InChI is InChI=1S/C14H20N2O3/c1-19-14-7-6-12(16(17)18)9-11(14)8-10-4-2-3-5-13(10)15/h6-7,9-10,13H,2-5,8,15H2,1H3. The lowest BCUT2D eigenvalue weighted by Crippen LogP contribution is -2.34. The van der Waals surface area contributed by atoms with E-state index in [9.17, 15) is 10.1 Å². The predicted molar refractivity (Wildman–Crippen MR) is 73.3 cm³/mol. The number of ether oxygens (including phenoxy) is 1. The molecule has 2 N–H and O–H groups in total. The first-order valence-electron chi connectivity index (χ1n) is 6.68. The second-order valence-corrected chi connectivity index (χ2v) is 5.17. The van der Waals surface area contributed by atoms with Crippen molar-refractivity contribution in [1.29, 1.82) is 0 Å². The minimum atomic E-state index is -0.371. The SMILES string of the molecule is COc1ccc([N+](=O)[O-])cc1CC1CCCCC1N. The van der Waals surface area contributed by atoms with Crippen LogP contribution in [0.4, 0.5) is 5.69 Å². The first-order valence-corrected chi connectivity index (χ1v) is 6.68. The van der Waals surface area contributed by atoms with Crippen LogP contribution >= 0.6 is 0 Å². The average molecular weight is 264 g/mol. The van der Waals surface area contributed by atoms with Gasteiger partial charge in [0.05, 0.1) is 12.0 Å². The zero-order chi connectivity index (χ0) is 13.8. The van der Waals surface area contributed by atoms with Crippen LogP contribution in [0.15, 0.2) is 18.2 Å². The van der Waals surface area contributed by atoms with Crippen LogP contribution < -0.4 is 10.5 Å². The predicted octanol–water partition coefficient (Wildman–Crippen LogP) is 2.66. The molecule has 0 aliphatic heterocycles. The van der Waals surface area contributed by atoms with Gasteiger partial charge in [-0.2, -0.15) is 0 Å². The van der Waals surface area contributed by atoms with Gasteiger partial charge < -0.3 is 10.5 Å². The Hall–Kier alpha value is -1.62. The topological polar surface area (TPSA) is 78.4 Å². The molecule has 5 heteroatoms. The smallest absolute Gasteiger partial charge is 0.269 e. The van der Waals surface area contributed by atoms with E-state index >= 15 is 0 Å². The van der Waals surface area contributed by atoms with Crippen LogP contribution in [0.2, 0.25) is 0 Å². The highest BCUT2D eigenvalue weighted by Crippen LogP contribution is 2.31. The fourth-order valence-electron chi connectivity index (χ4n) is 2.81. The summed E-state index contributed by atoms with van der Waals surface area (Å²) in [7, 11) is 1.59. The number of nitrogens with zero attached hydrogens (tertiary/aromatic N) is 1. The molecule has 0 aromatic heterocycles. The molecule has 1 aromatic carbocycles. The lowest BCUT2D eigenvalue weighted by atomic mass is 9.81. The van der Waals surface area contributed by atoms with Crippen LogP contribution in [0.1, 0.15) is 31.2 Å². The molecular formula is C14H20N2O3. The average Bonchev–Trinajstić information content (AvgIpc) is 2.41. The first-order chi connectivity index (χ1) is 9.11. The molecule has 19 heavy (non-hydrogen) atoms. The summed E-state index contributed by atoms with van der Waals surface area (Å²) in [4.78, 5) is 10.5. The van der Waals surface area contributed by atoms with Gasteiger partial charge in [0, 0.05) is 23.7 Å². The Morgan fingerprint density at radius 1 is 1.42 bits per heavy atom. The fourth-order valence-corrected chi connectivity index (χ4v) is 2.81. The van der Waals surface area contributed by atoms with Gasteiger partial charge in [-0.3, -0.25) is 10.1 Å². The van der Waals surface area contributed by atoms with E-state index in [1.54, 1.807) is 19.2 Å². The highest BCUT2D eigenvalue weighted by molar-refractivity contribution is 5.44. The minimum absolute atomic E-state index is 0.111. The van der Waals surface area contributed by atoms with Crippen LogP contribution in [0, 0.1) is 16.0 Å². The Kier molecular flexibility index (Phi) is 4.37. The number of non-ortho nitro benzene ring substituents is 1. The maximum absolute atomic E-state index is 10.8. The summed E-state index contributed by atoms with van der Waals surface area (Å²) < 4.78 is 5.29. The lowest BCUT2D eigenvalue weighted by molar-refractivity contribution is -0.384. The van der Waals surface area contributed by atoms with Crippen molar-refractivity contribution >= 4 is 5.69 Å². The van der Waals surface area contributed by atoms with E-state index in [4.69, 9.17) is 10.5 Å². The number of rotatable bonds is 4. The molecular weight excluding hydrogens is 244 g/mol. The molecule has 1 aromatic rings. The molecule has 0 saturated heterocycles. The molecule has 5 nitrogen and oxygen atoms in total. The van der Waals surface area contributed by atoms with Crippen LogP contribution in [-0.2, 0) is 6.42 Å². The van der Waals surface area contributed by atoms with Gasteiger partial charge in [0.2, 0.25) is 0 Å². The third-order valence-corrected chi connectivity index (χ3v) is 3.92. The summed E-state index contributed by atoms with van der Waals surface area (Å²) in [5.74, 6) is 1.10. The van der Waals surface area contributed by atoms with Crippen LogP contribution in [0.5, 0.6) is 5.75 Å². The van der Waals surface area contributed by atoms with Gasteiger partial charge in [-0.05, 0) is 31.2 Å². The number of hydrogen-bond acceptors (Lipinski definition) is 4. The molecule has 1 fully saturated rings. The second-order valence-electron chi connectivity index (χ2n) is 5.17. The summed E-state index contributed by atoms with van der Waals surface area (Å²) in [6.07, 6.45) is 5.26. The largest absolute Gasteiger partial charge is 0.496 e. The van der Waals surface area contributed by atoms with Crippen LogP contribution in [-0.4, -0.2) is 18.1 Å². The molecule has 2 atom stereocenters. The molecule has 1 aliphatic carbocycles. The zero-order valence-corrected chi connectivity index (χ0v) is 11.2. The second kappa shape index (κ2) is 6.02. The van der Waals surface area contributed by atoms with E-state index in [2.05, 4.69) is 0 Å². The molecule has 2 unspecified atom stereocenters. The van der Waals surface area contributed by atoms with Crippen molar-refractivity contribution in [3.63, 3.8) is 0 Å². The van der Waals surface area contributed by atoms with E-state index in [0.717, 1.165) is 24.8 Å². The fraction of sp³-hybridized carbons (Fsp3) is 0.571. The van der Waals surface area contributed by atoms with Crippen LogP contribution in [0.3, 0.4) is 0 Å². The quantitative estimate of drug-likeness (QED) is 0.669. The summed E-state index contributed by atoms with van der Waals surface area (Å²) in [6, 6.07) is 4.95. The Labute approximate surface area is 112 Å². The molecule has 0 radical (unpaired) electrons. The molecule has 0 amide bonds. The van der Waals surface area contributed by atoms with E-state index in [1.807, 2.05) is 0 Å². The Morgan fingerprint density at radius 3 is 2.79 bits per heavy atom. The number of nitro benzene ring substituents is 1.